The van der Waals surface area contributed by atoms with Gasteiger partial charge in [0, 0.05) is 25.3 Å². The molecule has 5 rings (SSSR count). The minimum absolute atomic E-state index is 0.0155. The number of alkyl halides is 8. The average molecular weight is 614 g/mol. The van der Waals surface area contributed by atoms with Crippen LogP contribution in [0.15, 0.2) is 24.4 Å². The van der Waals surface area contributed by atoms with Gasteiger partial charge in [-0.1, -0.05) is 17.7 Å². The number of aromatic nitrogens is 4. The minimum Gasteiger partial charge on any atom is -0.448 e. The van der Waals surface area contributed by atoms with E-state index in [2.05, 4.69) is 10.2 Å². The van der Waals surface area contributed by atoms with E-state index in [1.165, 1.54) is 23.1 Å². The summed E-state index contributed by atoms with van der Waals surface area (Å²) in [6.45, 7) is 2.14. The first-order valence-electron chi connectivity index (χ1n) is 12.1. The molecule has 2 aromatic heterocycles. The van der Waals surface area contributed by atoms with Gasteiger partial charge in [-0.05, 0) is 37.5 Å². The molecule has 0 bridgehead atoms. The van der Waals surface area contributed by atoms with Crippen LogP contribution in [0.4, 0.5) is 35.1 Å². The maximum absolute atomic E-state index is 15.4. The highest BCUT2D eigenvalue weighted by molar-refractivity contribution is 6.34. The van der Waals surface area contributed by atoms with Crippen molar-refractivity contribution in [1.29, 1.82) is 0 Å². The number of ether oxygens (including phenoxy) is 2. The molecule has 3 aromatic rings. The molecule has 1 atom stereocenters. The van der Waals surface area contributed by atoms with Crippen molar-refractivity contribution in [2.45, 2.75) is 50.2 Å². The van der Waals surface area contributed by atoms with Crippen LogP contribution in [-0.2, 0) is 17.5 Å². The van der Waals surface area contributed by atoms with Gasteiger partial charge in [-0.2, -0.15) is 40.9 Å². The quantitative estimate of drug-likeness (QED) is 0.235. The number of amides is 1. The number of benzene rings is 1. The Bertz CT molecular complexity index is 1480. The Labute approximate surface area is 231 Å². The van der Waals surface area contributed by atoms with Crippen molar-refractivity contribution < 1.29 is 49.4 Å². The van der Waals surface area contributed by atoms with Crippen molar-refractivity contribution in [1.82, 2.24) is 24.5 Å². The lowest BCUT2D eigenvalue weighted by Crippen LogP contribution is -2.51. The number of halogens is 9. The van der Waals surface area contributed by atoms with E-state index in [9.17, 15) is 35.5 Å². The predicted molar refractivity (Wildman–Crippen MR) is 126 cm³/mol. The lowest BCUT2D eigenvalue weighted by atomic mass is 9.99. The Morgan fingerprint density at radius 2 is 1.83 bits per heavy atom. The molecule has 1 amide bonds. The molecule has 1 unspecified atom stereocenters. The molecule has 1 aromatic carbocycles. The van der Waals surface area contributed by atoms with Crippen LogP contribution in [0, 0.1) is 0 Å². The molecule has 2 aliphatic rings. The van der Waals surface area contributed by atoms with E-state index in [0.29, 0.717) is 16.0 Å². The second-order valence-electron chi connectivity index (χ2n) is 9.39. The van der Waals surface area contributed by atoms with Gasteiger partial charge in [0.05, 0.1) is 16.8 Å². The van der Waals surface area contributed by atoms with Crippen molar-refractivity contribution in [2.75, 3.05) is 13.3 Å². The van der Waals surface area contributed by atoms with Crippen molar-refractivity contribution in [3.8, 4) is 22.7 Å². The molecular formula is C24H20ClF8N5O3. The molecule has 0 saturated heterocycles. The van der Waals surface area contributed by atoms with Crippen LogP contribution in [-0.4, -0.2) is 62.1 Å². The predicted octanol–water partition coefficient (Wildman–Crippen LogP) is 6.17. The van der Waals surface area contributed by atoms with Gasteiger partial charge in [0.25, 0.3) is 12.3 Å². The fourth-order valence-electron chi connectivity index (χ4n) is 4.54. The smallest absolute Gasteiger partial charge is 0.437 e. The number of carbonyl (C=O) groups is 1. The maximum atomic E-state index is 15.4. The molecule has 3 heterocycles. The first-order chi connectivity index (χ1) is 19.1. The molecule has 1 aliphatic carbocycles. The highest BCUT2D eigenvalue weighted by Gasteiger charge is 2.76. The van der Waals surface area contributed by atoms with E-state index in [4.69, 9.17) is 21.1 Å². The molecular weight excluding hydrogens is 594 g/mol. The van der Waals surface area contributed by atoms with Gasteiger partial charge in [-0.25, -0.2) is 13.8 Å². The number of aryl methyl sites for hydroxylation is 1. The summed E-state index contributed by atoms with van der Waals surface area (Å²) in [7, 11) is 0.923. The average Bonchev–Trinajstić information content (AvgIpc) is 3.53. The Balaban J connectivity index is 1.60. The SMILES string of the molecule is CCOCN(C(=O)c1cc(-c2cnn3c2C(F)Oc2c(C(F)(C(F)(F)F)C(F)(F)F)nn(C)c2-3)ccc1Cl)C1CC1. The highest BCUT2D eigenvalue weighted by Crippen LogP contribution is 2.57. The topological polar surface area (TPSA) is 74.4 Å². The van der Waals surface area contributed by atoms with Crippen molar-refractivity contribution in [2.24, 2.45) is 7.05 Å². The monoisotopic (exact) mass is 613 g/mol. The van der Waals surface area contributed by atoms with Gasteiger partial charge in [0.1, 0.15) is 12.4 Å². The van der Waals surface area contributed by atoms with Crippen molar-refractivity contribution in [3.63, 3.8) is 0 Å². The van der Waals surface area contributed by atoms with E-state index in [1.807, 2.05) is 0 Å². The summed E-state index contributed by atoms with van der Waals surface area (Å²) >= 11 is 6.30. The Morgan fingerprint density at radius 3 is 2.41 bits per heavy atom. The van der Waals surface area contributed by atoms with E-state index in [1.54, 1.807) is 6.92 Å². The summed E-state index contributed by atoms with van der Waals surface area (Å²) in [6, 6.07) is 4.09. The summed E-state index contributed by atoms with van der Waals surface area (Å²) in [4.78, 5) is 14.8. The molecule has 222 valence electrons. The van der Waals surface area contributed by atoms with Crippen LogP contribution < -0.4 is 4.74 Å². The Morgan fingerprint density at radius 1 is 1.17 bits per heavy atom. The van der Waals surface area contributed by atoms with Gasteiger partial charge in [0.15, 0.2) is 17.3 Å². The summed E-state index contributed by atoms with van der Waals surface area (Å²) < 4.78 is 122. The largest absolute Gasteiger partial charge is 0.448 e. The standard InChI is InChI=1S/C24H20ClF8N5O3/c1-3-40-10-37(12-5-6-12)21(39)13-8-11(4-7-15(13)25)14-9-34-38-16(14)19(26)41-17-18(35-36(2)20(17)38)22(27,23(28,29)30)24(31,32)33/h4,7-9,12,19H,3,5-6,10H2,1-2H3. The number of hydrogen-bond acceptors (Lipinski definition) is 5. The van der Waals surface area contributed by atoms with Crippen LogP contribution in [0.3, 0.4) is 0 Å². The fourth-order valence-corrected chi connectivity index (χ4v) is 4.73. The summed E-state index contributed by atoms with van der Waals surface area (Å²) in [5.41, 5.74) is -8.40. The third kappa shape index (κ3) is 4.60. The molecule has 0 spiro atoms. The fraction of sp³-hybridized carbons (Fsp3) is 0.458. The van der Waals surface area contributed by atoms with Crippen molar-refractivity contribution in [3.05, 3.63) is 46.4 Å². The first-order valence-corrected chi connectivity index (χ1v) is 12.5. The van der Waals surface area contributed by atoms with Gasteiger partial charge in [0.2, 0.25) is 0 Å². The molecule has 17 heteroatoms. The molecule has 1 fully saturated rings. The molecule has 8 nitrogen and oxygen atoms in total. The molecule has 0 radical (unpaired) electrons. The van der Waals surface area contributed by atoms with E-state index < -0.39 is 53.2 Å². The summed E-state index contributed by atoms with van der Waals surface area (Å²) in [5.74, 6) is -2.55. The third-order valence-electron chi connectivity index (χ3n) is 6.72. The number of carbonyl (C=O) groups excluding carboxylic acids is 1. The Kier molecular flexibility index (Phi) is 7.00. The molecule has 41 heavy (non-hydrogen) atoms. The van der Waals surface area contributed by atoms with Gasteiger partial charge in [-0.15, -0.1) is 0 Å². The zero-order chi connectivity index (χ0) is 30.1. The molecule has 1 aliphatic heterocycles. The molecule has 1 saturated carbocycles. The lowest BCUT2D eigenvalue weighted by Gasteiger charge is -2.30. The van der Waals surface area contributed by atoms with E-state index >= 15 is 4.39 Å². The lowest BCUT2D eigenvalue weighted by molar-refractivity contribution is -0.350. The van der Waals surface area contributed by atoms with Crippen LogP contribution >= 0.6 is 11.6 Å². The Hall–Kier alpha value is -3.40. The van der Waals surface area contributed by atoms with Crippen molar-refractivity contribution >= 4 is 17.5 Å². The second kappa shape index (κ2) is 9.86. The number of hydrogen-bond donors (Lipinski definition) is 0. The maximum Gasteiger partial charge on any atom is 0.437 e. The van der Waals surface area contributed by atoms with Gasteiger partial charge < -0.3 is 14.4 Å². The van der Waals surface area contributed by atoms with Crippen LogP contribution in [0.25, 0.3) is 16.9 Å². The number of fused-ring (bicyclic) bond motifs is 3. The summed E-state index contributed by atoms with van der Waals surface area (Å²) in [6.07, 6.45) is -13.1. The van der Waals surface area contributed by atoms with Gasteiger partial charge >= 0.3 is 18.0 Å². The van der Waals surface area contributed by atoms with E-state index in [-0.39, 0.29) is 34.5 Å². The third-order valence-corrected chi connectivity index (χ3v) is 7.05. The normalized spacial score (nSPS) is 17.2. The molecule has 0 N–H and O–H groups in total. The van der Waals surface area contributed by atoms with Gasteiger partial charge in [-0.3, -0.25) is 4.79 Å². The van der Waals surface area contributed by atoms with Crippen LogP contribution in [0.5, 0.6) is 5.75 Å². The van der Waals surface area contributed by atoms with Crippen LogP contribution in [0.1, 0.15) is 47.9 Å². The zero-order valence-electron chi connectivity index (χ0n) is 21.2. The van der Waals surface area contributed by atoms with E-state index in [0.717, 1.165) is 26.1 Å². The highest BCUT2D eigenvalue weighted by atomic mass is 35.5. The second-order valence-corrected chi connectivity index (χ2v) is 9.80. The minimum atomic E-state index is -6.50. The van der Waals surface area contributed by atoms with Crippen LogP contribution in [0.2, 0.25) is 5.02 Å². The number of nitrogens with zero attached hydrogens (tertiary/aromatic N) is 5. The zero-order valence-corrected chi connectivity index (χ0v) is 21.9. The summed E-state index contributed by atoms with van der Waals surface area (Å²) in [5, 5.41) is 7.09. The first kappa shape index (κ1) is 29.1. The number of rotatable bonds is 7.